The number of amides is 1. The number of sulfonamides is 1. The molecule has 3 rings (SSSR count). The molecule has 1 fully saturated rings. The van der Waals surface area contributed by atoms with Crippen LogP contribution in [0.1, 0.15) is 35.2 Å². The highest BCUT2D eigenvalue weighted by atomic mass is 32.2. The summed E-state index contributed by atoms with van der Waals surface area (Å²) in [5, 5.41) is 0. The van der Waals surface area contributed by atoms with Crippen molar-refractivity contribution in [3.63, 3.8) is 0 Å². The highest BCUT2D eigenvalue weighted by Crippen LogP contribution is 2.27. The van der Waals surface area contributed by atoms with Gasteiger partial charge >= 0.3 is 5.97 Å². The van der Waals surface area contributed by atoms with Gasteiger partial charge in [-0.05, 0) is 56.5 Å². The quantitative estimate of drug-likeness (QED) is 0.656. The number of rotatable bonds is 7. The molecule has 1 amide bonds. The first-order valence-corrected chi connectivity index (χ1v) is 11.5. The first kappa shape index (κ1) is 22.6. The molecular formula is C22H26N2O6S. The first-order chi connectivity index (χ1) is 14.8. The highest BCUT2D eigenvalue weighted by molar-refractivity contribution is 7.92. The number of hydrogen-bond donors (Lipinski definition) is 1. The Labute approximate surface area is 182 Å². The first-order valence-electron chi connectivity index (χ1n) is 10.0. The Bertz CT molecular complexity index is 1040. The number of nitrogens with zero attached hydrogens (tertiary/aromatic N) is 1. The molecule has 166 valence electrons. The van der Waals surface area contributed by atoms with Gasteiger partial charge in [0.1, 0.15) is 10.6 Å². The van der Waals surface area contributed by atoms with Gasteiger partial charge in [-0.15, -0.1) is 0 Å². The molecular weight excluding hydrogens is 420 g/mol. The summed E-state index contributed by atoms with van der Waals surface area (Å²) < 4.78 is 38.6. The van der Waals surface area contributed by atoms with E-state index >= 15 is 0 Å². The van der Waals surface area contributed by atoms with Gasteiger partial charge in [-0.3, -0.25) is 9.52 Å². The van der Waals surface area contributed by atoms with Crippen LogP contribution >= 0.6 is 0 Å². The second-order valence-electron chi connectivity index (χ2n) is 7.35. The molecule has 1 heterocycles. The van der Waals surface area contributed by atoms with Crippen molar-refractivity contribution in [2.75, 3.05) is 31.5 Å². The molecule has 0 spiro atoms. The SMILES string of the molecule is COc1ccc(C(=O)OCC(=O)N2CCCCC2)cc1S(=O)(=O)Nc1ccc(C)cc1. The lowest BCUT2D eigenvalue weighted by molar-refractivity contribution is -0.135. The summed E-state index contributed by atoms with van der Waals surface area (Å²) in [5.41, 5.74) is 1.38. The molecule has 0 bridgehead atoms. The molecule has 0 atom stereocenters. The molecule has 8 nitrogen and oxygen atoms in total. The van der Waals surface area contributed by atoms with Crippen LogP contribution in [0.2, 0.25) is 0 Å². The minimum atomic E-state index is -4.03. The summed E-state index contributed by atoms with van der Waals surface area (Å²) in [7, 11) is -2.69. The number of carbonyl (C=O) groups excluding carboxylic acids is 2. The van der Waals surface area contributed by atoms with Gasteiger partial charge in [0, 0.05) is 18.8 Å². The molecule has 1 N–H and O–H groups in total. The summed E-state index contributed by atoms with van der Waals surface area (Å²) in [6.45, 7) is 2.83. The smallest absolute Gasteiger partial charge is 0.338 e. The van der Waals surface area contributed by atoms with Crippen LogP contribution in [0.5, 0.6) is 5.75 Å². The van der Waals surface area contributed by atoms with Crippen molar-refractivity contribution in [1.29, 1.82) is 0 Å². The zero-order valence-electron chi connectivity index (χ0n) is 17.6. The summed E-state index contributed by atoms with van der Waals surface area (Å²) >= 11 is 0. The Balaban J connectivity index is 1.75. The highest BCUT2D eigenvalue weighted by Gasteiger charge is 2.23. The number of ether oxygens (including phenoxy) is 2. The van der Waals surface area contributed by atoms with Crippen LogP contribution in [-0.4, -0.2) is 52.0 Å². The minimum absolute atomic E-state index is 0.0107. The van der Waals surface area contributed by atoms with E-state index < -0.39 is 16.0 Å². The largest absolute Gasteiger partial charge is 0.495 e. The lowest BCUT2D eigenvalue weighted by Crippen LogP contribution is -2.38. The number of esters is 1. The Kier molecular flexibility index (Phi) is 7.17. The maximum absolute atomic E-state index is 12.9. The van der Waals surface area contributed by atoms with Crippen molar-refractivity contribution in [1.82, 2.24) is 4.90 Å². The van der Waals surface area contributed by atoms with E-state index in [1.54, 1.807) is 29.2 Å². The van der Waals surface area contributed by atoms with Gasteiger partial charge in [-0.1, -0.05) is 17.7 Å². The van der Waals surface area contributed by atoms with Crippen LogP contribution in [-0.2, 0) is 19.6 Å². The van der Waals surface area contributed by atoms with Gasteiger partial charge in [-0.2, -0.15) is 0 Å². The second-order valence-corrected chi connectivity index (χ2v) is 9.01. The van der Waals surface area contributed by atoms with Crippen LogP contribution < -0.4 is 9.46 Å². The normalized spacial score (nSPS) is 14.1. The third kappa shape index (κ3) is 5.75. The third-order valence-corrected chi connectivity index (χ3v) is 6.43. The number of aryl methyl sites for hydroxylation is 1. The van der Waals surface area contributed by atoms with Gasteiger partial charge in [0.25, 0.3) is 15.9 Å². The Hall–Kier alpha value is -3.07. The molecule has 2 aromatic carbocycles. The van der Waals surface area contributed by atoms with Gasteiger partial charge in [0.15, 0.2) is 6.61 Å². The molecule has 2 aromatic rings. The van der Waals surface area contributed by atoms with E-state index in [1.165, 1.54) is 25.3 Å². The van der Waals surface area contributed by atoms with Gasteiger partial charge in [-0.25, -0.2) is 13.2 Å². The Morgan fingerprint density at radius 1 is 1.03 bits per heavy atom. The van der Waals surface area contributed by atoms with Crippen molar-refractivity contribution in [3.05, 3.63) is 53.6 Å². The monoisotopic (exact) mass is 446 g/mol. The van der Waals surface area contributed by atoms with Crippen LogP contribution in [0.15, 0.2) is 47.4 Å². The summed E-state index contributed by atoms with van der Waals surface area (Å²) in [5.74, 6) is -0.948. The number of anilines is 1. The van der Waals surface area contributed by atoms with Crippen LogP contribution in [0.3, 0.4) is 0 Å². The maximum Gasteiger partial charge on any atom is 0.338 e. The number of likely N-dealkylation sites (tertiary alicyclic amines) is 1. The topological polar surface area (TPSA) is 102 Å². The second kappa shape index (κ2) is 9.82. The molecule has 1 aliphatic heterocycles. The van der Waals surface area contributed by atoms with Crippen LogP contribution in [0.25, 0.3) is 0 Å². The molecule has 1 saturated heterocycles. The zero-order chi connectivity index (χ0) is 22.4. The number of piperidine rings is 1. The van der Waals surface area contributed by atoms with E-state index in [4.69, 9.17) is 9.47 Å². The molecule has 0 saturated carbocycles. The molecule has 0 aromatic heterocycles. The number of benzene rings is 2. The van der Waals surface area contributed by atoms with Crippen LogP contribution in [0.4, 0.5) is 5.69 Å². The summed E-state index contributed by atoms with van der Waals surface area (Å²) in [6.07, 6.45) is 2.96. The predicted molar refractivity (Wildman–Crippen MR) is 116 cm³/mol. The van der Waals surface area contributed by atoms with E-state index in [1.807, 2.05) is 6.92 Å². The van der Waals surface area contributed by atoms with Crippen molar-refractivity contribution in [3.8, 4) is 5.75 Å². The van der Waals surface area contributed by atoms with Gasteiger partial charge in [0.2, 0.25) is 0 Å². The summed E-state index contributed by atoms with van der Waals surface area (Å²) in [6, 6.07) is 10.8. The average Bonchev–Trinajstić information content (AvgIpc) is 2.78. The van der Waals surface area contributed by atoms with E-state index in [0.717, 1.165) is 24.8 Å². The van der Waals surface area contributed by atoms with Crippen molar-refractivity contribution < 1.29 is 27.5 Å². The Morgan fingerprint density at radius 3 is 2.35 bits per heavy atom. The zero-order valence-corrected chi connectivity index (χ0v) is 18.4. The minimum Gasteiger partial charge on any atom is -0.495 e. The van der Waals surface area contributed by atoms with Crippen molar-refractivity contribution >= 4 is 27.6 Å². The number of hydrogen-bond acceptors (Lipinski definition) is 6. The third-order valence-electron chi connectivity index (χ3n) is 5.03. The molecule has 0 radical (unpaired) electrons. The van der Waals surface area contributed by atoms with E-state index in [2.05, 4.69) is 4.72 Å². The van der Waals surface area contributed by atoms with E-state index in [-0.39, 0.29) is 28.7 Å². The number of nitrogens with one attached hydrogen (secondary N) is 1. The number of methoxy groups -OCH3 is 1. The average molecular weight is 447 g/mol. The van der Waals surface area contributed by atoms with Gasteiger partial charge < -0.3 is 14.4 Å². The molecule has 31 heavy (non-hydrogen) atoms. The van der Waals surface area contributed by atoms with Gasteiger partial charge in [0.05, 0.1) is 12.7 Å². The Morgan fingerprint density at radius 2 is 1.71 bits per heavy atom. The van der Waals surface area contributed by atoms with Crippen molar-refractivity contribution in [2.24, 2.45) is 0 Å². The molecule has 0 unspecified atom stereocenters. The molecule has 0 aliphatic carbocycles. The standard InChI is InChI=1S/C22H26N2O6S/c1-16-6-9-18(10-7-16)23-31(27,28)20-14-17(8-11-19(20)29-2)22(26)30-15-21(25)24-12-4-3-5-13-24/h6-11,14,23H,3-5,12-13,15H2,1-2H3. The van der Waals surface area contributed by atoms with E-state index in [0.29, 0.717) is 18.8 Å². The lowest BCUT2D eigenvalue weighted by atomic mass is 10.1. The lowest BCUT2D eigenvalue weighted by Gasteiger charge is -2.26. The maximum atomic E-state index is 12.9. The van der Waals surface area contributed by atoms with Crippen molar-refractivity contribution in [2.45, 2.75) is 31.1 Å². The van der Waals surface area contributed by atoms with Crippen LogP contribution in [0, 0.1) is 6.92 Å². The predicted octanol–water partition coefficient (Wildman–Crippen LogP) is 2.97. The fraction of sp³-hybridized carbons (Fsp3) is 0.364. The molecule has 9 heteroatoms. The van der Waals surface area contributed by atoms with E-state index in [9.17, 15) is 18.0 Å². The summed E-state index contributed by atoms with van der Waals surface area (Å²) in [4.78, 5) is 26.1. The fourth-order valence-electron chi connectivity index (χ4n) is 3.29. The molecule has 1 aliphatic rings. The number of carbonyl (C=O) groups is 2. The fourth-order valence-corrected chi connectivity index (χ4v) is 4.55.